The van der Waals surface area contributed by atoms with Crippen LogP contribution in [0.1, 0.15) is 43.2 Å². The Kier molecular flexibility index (Phi) is 5.06. The number of rotatable bonds is 6. The molecule has 0 unspecified atom stereocenters. The van der Waals surface area contributed by atoms with Crippen LogP contribution in [-0.4, -0.2) is 28.6 Å². The van der Waals surface area contributed by atoms with Crippen LogP contribution < -0.4 is 0 Å². The zero-order chi connectivity index (χ0) is 14.5. The lowest BCUT2D eigenvalue weighted by atomic mass is 10.1. The molecular formula is C15H19F2NO2. The second-order valence-corrected chi connectivity index (χ2v) is 5.28. The molecule has 1 aliphatic carbocycles. The van der Waals surface area contributed by atoms with Crippen LogP contribution in [0.4, 0.5) is 8.78 Å². The highest BCUT2D eigenvalue weighted by Gasteiger charge is 2.24. The number of alkyl halides is 2. The molecule has 5 heteroatoms. The highest BCUT2D eigenvalue weighted by atomic mass is 19.3. The van der Waals surface area contributed by atoms with E-state index in [0.29, 0.717) is 12.6 Å². The van der Waals surface area contributed by atoms with Gasteiger partial charge in [-0.05, 0) is 18.4 Å². The van der Waals surface area contributed by atoms with Crippen molar-refractivity contribution in [3.8, 4) is 0 Å². The summed E-state index contributed by atoms with van der Waals surface area (Å²) in [4.78, 5) is 12.9. The summed E-state index contributed by atoms with van der Waals surface area (Å²) in [6.45, 7) is 0.502. The van der Waals surface area contributed by atoms with Crippen LogP contribution in [0.5, 0.6) is 0 Å². The third-order valence-corrected chi connectivity index (χ3v) is 3.80. The van der Waals surface area contributed by atoms with Gasteiger partial charge in [0.25, 0.3) is 6.43 Å². The van der Waals surface area contributed by atoms with Crippen LogP contribution in [0.25, 0.3) is 0 Å². The number of hydrogen-bond acceptors (Lipinski definition) is 2. The molecule has 0 saturated heterocycles. The molecule has 110 valence electrons. The number of carboxylic acids is 1. The van der Waals surface area contributed by atoms with Crippen LogP contribution in [0.3, 0.4) is 0 Å². The first-order chi connectivity index (χ1) is 9.56. The molecule has 1 saturated carbocycles. The van der Waals surface area contributed by atoms with Crippen molar-refractivity contribution in [2.75, 3.05) is 6.54 Å². The molecule has 1 aliphatic rings. The summed E-state index contributed by atoms with van der Waals surface area (Å²) in [5.74, 6) is -0.846. The monoisotopic (exact) mass is 283 g/mol. The number of nitrogens with zero attached hydrogens (tertiary/aromatic N) is 1. The van der Waals surface area contributed by atoms with Gasteiger partial charge in [-0.2, -0.15) is 0 Å². The molecule has 0 radical (unpaired) electrons. The predicted octanol–water partition coefficient (Wildman–Crippen LogP) is 3.45. The molecule has 1 aromatic rings. The van der Waals surface area contributed by atoms with Crippen LogP contribution in [0.15, 0.2) is 24.3 Å². The normalized spacial score (nSPS) is 16.2. The Labute approximate surface area is 117 Å². The summed E-state index contributed by atoms with van der Waals surface area (Å²) in [5.41, 5.74) is 0.877. The SMILES string of the molecule is O=C(O)CN(Cc1ccc(C(F)F)cc1)C1CCCC1. The minimum absolute atomic E-state index is 0.000555. The number of hydrogen-bond donors (Lipinski definition) is 1. The number of benzene rings is 1. The lowest BCUT2D eigenvalue weighted by Crippen LogP contribution is -2.37. The molecule has 0 heterocycles. The molecule has 2 rings (SSSR count). The molecular weight excluding hydrogens is 264 g/mol. The molecule has 0 amide bonds. The molecule has 0 bridgehead atoms. The first kappa shape index (κ1) is 14.9. The molecule has 0 spiro atoms. The first-order valence-corrected chi connectivity index (χ1v) is 6.89. The zero-order valence-electron chi connectivity index (χ0n) is 11.3. The van der Waals surface area contributed by atoms with Gasteiger partial charge in [0.15, 0.2) is 0 Å². The fourth-order valence-corrected chi connectivity index (χ4v) is 2.76. The summed E-state index contributed by atoms with van der Waals surface area (Å²) >= 11 is 0. The molecule has 1 fully saturated rings. The second kappa shape index (κ2) is 6.79. The number of carboxylic acid groups (broad SMARTS) is 1. The third-order valence-electron chi connectivity index (χ3n) is 3.80. The van der Waals surface area contributed by atoms with Crippen molar-refractivity contribution in [1.82, 2.24) is 4.90 Å². The van der Waals surface area contributed by atoms with E-state index in [1.54, 1.807) is 12.1 Å². The van der Waals surface area contributed by atoms with Crippen molar-refractivity contribution in [2.24, 2.45) is 0 Å². The maximum Gasteiger partial charge on any atom is 0.317 e. The zero-order valence-corrected chi connectivity index (χ0v) is 11.3. The Balaban J connectivity index is 2.04. The van der Waals surface area contributed by atoms with E-state index in [0.717, 1.165) is 31.2 Å². The molecule has 0 aromatic heterocycles. The van der Waals surface area contributed by atoms with Gasteiger partial charge in [0.1, 0.15) is 0 Å². The minimum Gasteiger partial charge on any atom is -0.480 e. The number of aliphatic carboxylic acids is 1. The van der Waals surface area contributed by atoms with Gasteiger partial charge in [0.05, 0.1) is 6.54 Å². The number of carbonyl (C=O) groups is 1. The average molecular weight is 283 g/mol. The van der Waals surface area contributed by atoms with Gasteiger partial charge in [0.2, 0.25) is 0 Å². The van der Waals surface area contributed by atoms with E-state index in [-0.39, 0.29) is 12.1 Å². The standard InChI is InChI=1S/C15H19F2NO2/c16-15(17)12-7-5-11(6-8-12)9-18(10-14(19)20)13-3-1-2-4-13/h5-8,13,15H,1-4,9-10H2,(H,19,20). The summed E-state index contributed by atoms with van der Waals surface area (Å²) in [7, 11) is 0. The van der Waals surface area contributed by atoms with E-state index in [1.165, 1.54) is 12.1 Å². The maximum atomic E-state index is 12.5. The van der Waals surface area contributed by atoms with Crippen molar-refractivity contribution >= 4 is 5.97 Å². The Bertz CT molecular complexity index is 442. The van der Waals surface area contributed by atoms with Gasteiger partial charge in [-0.15, -0.1) is 0 Å². The fraction of sp³-hybridized carbons (Fsp3) is 0.533. The van der Waals surface area contributed by atoms with E-state index < -0.39 is 12.4 Å². The fourth-order valence-electron chi connectivity index (χ4n) is 2.76. The van der Waals surface area contributed by atoms with Gasteiger partial charge >= 0.3 is 5.97 Å². The second-order valence-electron chi connectivity index (χ2n) is 5.28. The van der Waals surface area contributed by atoms with E-state index in [2.05, 4.69) is 0 Å². The van der Waals surface area contributed by atoms with E-state index in [9.17, 15) is 13.6 Å². The molecule has 1 aromatic carbocycles. The van der Waals surface area contributed by atoms with E-state index in [4.69, 9.17) is 5.11 Å². The van der Waals surface area contributed by atoms with Gasteiger partial charge in [-0.3, -0.25) is 9.69 Å². The Hall–Kier alpha value is -1.49. The third kappa shape index (κ3) is 4.00. The van der Waals surface area contributed by atoms with Crippen molar-refractivity contribution in [1.29, 1.82) is 0 Å². The van der Waals surface area contributed by atoms with Gasteiger partial charge in [-0.1, -0.05) is 37.1 Å². The van der Waals surface area contributed by atoms with Crippen LogP contribution in [-0.2, 0) is 11.3 Å². The highest BCUT2D eigenvalue weighted by Crippen LogP contribution is 2.25. The van der Waals surface area contributed by atoms with Crippen molar-refractivity contribution < 1.29 is 18.7 Å². The smallest absolute Gasteiger partial charge is 0.317 e. The minimum atomic E-state index is -2.46. The Morgan fingerprint density at radius 1 is 1.25 bits per heavy atom. The molecule has 3 nitrogen and oxygen atoms in total. The largest absolute Gasteiger partial charge is 0.480 e. The highest BCUT2D eigenvalue weighted by molar-refractivity contribution is 5.69. The predicted molar refractivity (Wildman–Crippen MR) is 71.7 cm³/mol. The van der Waals surface area contributed by atoms with Crippen molar-refractivity contribution in [3.63, 3.8) is 0 Å². The van der Waals surface area contributed by atoms with Gasteiger partial charge in [0, 0.05) is 18.2 Å². The van der Waals surface area contributed by atoms with Crippen LogP contribution in [0.2, 0.25) is 0 Å². The summed E-state index contributed by atoms with van der Waals surface area (Å²) in [6, 6.07) is 6.43. The van der Waals surface area contributed by atoms with Gasteiger partial charge in [-0.25, -0.2) is 8.78 Å². The Morgan fingerprint density at radius 2 is 1.85 bits per heavy atom. The molecule has 0 aliphatic heterocycles. The number of halogens is 2. The van der Waals surface area contributed by atoms with E-state index in [1.807, 2.05) is 4.90 Å². The van der Waals surface area contributed by atoms with Crippen molar-refractivity contribution in [2.45, 2.75) is 44.7 Å². The van der Waals surface area contributed by atoms with Crippen LogP contribution in [0, 0.1) is 0 Å². The topological polar surface area (TPSA) is 40.5 Å². The molecule has 1 N–H and O–H groups in total. The lowest BCUT2D eigenvalue weighted by molar-refractivity contribution is -0.139. The van der Waals surface area contributed by atoms with Crippen LogP contribution >= 0.6 is 0 Å². The molecule has 0 atom stereocenters. The Morgan fingerprint density at radius 3 is 2.35 bits per heavy atom. The summed E-state index contributed by atoms with van der Waals surface area (Å²) in [5, 5.41) is 9.00. The van der Waals surface area contributed by atoms with Gasteiger partial charge < -0.3 is 5.11 Å². The lowest BCUT2D eigenvalue weighted by Gasteiger charge is -2.27. The quantitative estimate of drug-likeness (QED) is 0.869. The first-order valence-electron chi connectivity index (χ1n) is 6.89. The summed E-state index contributed by atoms with van der Waals surface area (Å²) < 4.78 is 25.0. The maximum absolute atomic E-state index is 12.5. The average Bonchev–Trinajstić information content (AvgIpc) is 2.92. The molecule has 20 heavy (non-hydrogen) atoms. The van der Waals surface area contributed by atoms with Crippen molar-refractivity contribution in [3.05, 3.63) is 35.4 Å². The van der Waals surface area contributed by atoms with E-state index >= 15 is 0 Å². The summed E-state index contributed by atoms with van der Waals surface area (Å²) in [6.07, 6.45) is 1.83.